The van der Waals surface area contributed by atoms with E-state index in [0.29, 0.717) is 0 Å². The Balaban J connectivity index is 2.78. The van der Waals surface area contributed by atoms with Crippen molar-refractivity contribution in [2.24, 2.45) is 5.84 Å². The molecule has 2 N–H and O–H groups in total. The Morgan fingerprint density at radius 3 is 2.24 bits per heavy atom. The van der Waals surface area contributed by atoms with E-state index >= 15 is 0 Å². The van der Waals surface area contributed by atoms with Crippen molar-refractivity contribution >= 4 is 11.1 Å². The van der Waals surface area contributed by atoms with E-state index in [1.54, 1.807) is 5.01 Å². The van der Waals surface area contributed by atoms with E-state index in [1.165, 1.54) is 16.7 Å². The fourth-order valence-corrected chi connectivity index (χ4v) is 3.05. The molecule has 0 bridgehead atoms. The molecule has 2 aromatic carbocycles. The lowest BCUT2D eigenvalue weighted by molar-refractivity contribution is 0.429. The van der Waals surface area contributed by atoms with Crippen LogP contribution in [-0.2, 0) is 0 Å². The fourth-order valence-electron chi connectivity index (χ4n) is 3.05. The molecule has 0 fully saturated rings. The molecule has 130 valence electrons. The minimum atomic E-state index is 0.844. The topological polar surface area (TPSA) is 29.3 Å². The summed E-state index contributed by atoms with van der Waals surface area (Å²) >= 11 is 0. The summed E-state index contributed by atoms with van der Waals surface area (Å²) in [6, 6.07) is 17.1. The van der Waals surface area contributed by atoms with E-state index in [1.807, 2.05) is 13.1 Å². The number of nitrogens with zero attached hydrogens (tertiary/aromatic N) is 1. The first-order chi connectivity index (χ1) is 12.0. The normalized spacial score (nSPS) is 12.6. The van der Waals surface area contributed by atoms with Gasteiger partial charge >= 0.3 is 0 Å². The summed E-state index contributed by atoms with van der Waals surface area (Å²) in [4.78, 5) is 0. The number of allylic oxidation sites excluding steroid dienone is 5. The summed E-state index contributed by atoms with van der Waals surface area (Å²) in [6.07, 6.45) is 4.76. The van der Waals surface area contributed by atoms with Crippen LogP contribution < -0.4 is 5.84 Å². The third kappa shape index (κ3) is 4.49. The van der Waals surface area contributed by atoms with Crippen LogP contribution in [-0.4, -0.2) is 12.1 Å². The van der Waals surface area contributed by atoms with Crippen LogP contribution in [0.25, 0.3) is 11.1 Å². The van der Waals surface area contributed by atoms with E-state index < -0.39 is 0 Å². The molecular formula is C23H28N2. The Bertz CT molecular complexity index is 793. The molecule has 0 radical (unpaired) electrons. The van der Waals surface area contributed by atoms with Gasteiger partial charge in [0.2, 0.25) is 0 Å². The first-order valence-electron chi connectivity index (χ1n) is 8.66. The van der Waals surface area contributed by atoms with Gasteiger partial charge in [-0.25, -0.2) is 5.84 Å². The van der Waals surface area contributed by atoms with Crippen molar-refractivity contribution in [3.05, 3.63) is 95.2 Å². The Morgan fingerprint density at radius 1 is 1.04 bits per heavy atom. The van der Waals surface area contributed by atoms with Gasteiger partial charge in [-0.15, -0.1) is 0 Å². The standard InChI is InChI=1S/C23H28N2/c1-6-9-21(20-11-8-10-18(4)16-20)23(22(7-2)25(5)24)19-14-12-17(3)13-15-19/h6,8-16H,1,7,24H2,2-5H3/b21-9+,23-22-. The highest BCUT2D eigenvalue weighted by Crippen LogP contribution is 2.36. The van der Waals surface area contributed by atoms with Gasteiger partial charge in [0.05, 0.1) is 0 Å². The van der Waals surface area contributed by atoms with E-state index in [0.717, 1.165) is 28.8 Å². The van der Waals surface area contributed by atoms with Crippen LogP contribution in [0.1, 0.15) is 35.6 Å². The molecule has 0 atom stereocenters. The average Bonchev–Trinajstić information content (AvgIpc) is 2.58. The summed E-state index contributed by atoms with van der Waals surface area (Å²) in [5.74, 6) is 6.18. The van der Waals surface area contributed by atoms with E-state index in [-0.39, 0.29) is 0 Å². The third-order valence-corrected chi connectivity index (χ3v) is 4.27. The minimum Gasteiger partial charge on any atom is -0.318 e. The lowest BCUT2D eigenvalue weighted by atomic mass is 9.88. The van der Waals surface area contributed by atoms with E-state index in [4.69, 9.17) is 5.84 Å². The molecule has 0 aliphatic carbocycles. The number of hydrazine groups is 1. The maximum Gasteiger partial charge on any atom is 0.0369 e. The fraction of sp³-hybridized carbons (Fsp3) is 0.217. The van der Waals surface area contributed by atoms with Crippen molar-refractivity contribution in [1.29, 1.82) is 0 Å². The number of benzene rings is 2. The van der Waals surface area contributed by atoms with Gasteiger partial charge in [-0.05, 0) is 37.0 Å². The second kappa shape index (κ2) is 8.50. The largest absolute Gasteiger partial charge is 0.318 e. The van der Waals surface area contributed by atoms with Crippen LogP contribution in [0.15, 0.2) is 73.0 Å². The lowest BCUT2D eigenvalue weighted by Gasteiger charge is -2.24. The Labute approximate surface area is 152 Å². The molecule has 0 saturated carbocycles. The Kier molecular flexibility index (Phi) is 6.37. The zero-order valence-corrected chi connectivity index (χ0v) is 15.7. The second-order valence-corrected chi connectivity index (χ2v) is 6.34. The molecular weight excluding hydrogens is 304 g/mol. The molecule has 25 heavy (non-hydrogen) atoms. The quantitative estimate of drug-likeness (QED) is 0.430. The number of hydrogen-bond donors (Lipinski definition) is 1. The second-order valence-electron chi connectivity index (χ2n) is 6.34. The van der Waals surface area contributed by atoms with E-state index in [2.05, 4.69) is 82.0 Å². The molecule has 0 saturated heterocycles. The Hall–Kier alpha value is -2.58. The molecule has 2 nitrogen and oxygen atoms in total. The highest BCUT2D eigenvalue weighted by Gasteiger charge is 2.16. The maximum absolute atomic E-state index is 6.18. The summed E-state index contributed by atoms with van der Waals surface area (Å²) in [6.45, 7) is 10.3. The maximum atomic E-state index is 6.18. The molecule has 0 heterocycles. The highest BCUT2D eigenvalue weighted by molar-refractivity contribution is 6.06. The van der Waals surface area contributed by atoms with Gasteiger partial charge in [-0.3, -0.25) is 0 Å². The number of hydrogen-bond acceptors (Lipinski definition) is 2. The van der Waals surface area contributed by atoms with Gasteiger partial charge in [0.15, 0.2) is 0 Å². The zero-order valence-electron chi connectivity index (χ0n) is 15.7. The molecule has 0 aliphatic rings. The predicted molar refractivity (Wildman–Crippen MR) is 110 cm³/mol. The van der Waals surface area contributed by atoms with Gasteiger partial charge in [0.25, 0.3) is 0 Å². The summed E-state index contributed by atoms with van der Waals surface area (Å²) in [5, 5.41) is 1.72. The van der Waals surface area contributed by atoms with Crippen molar-refractivity contribution < 1.29 is 0 Å². The smallest absolute Gasteiger partial charge is 0.0369 e. The van der Waals surface area contributed by atoms with Gasteiger partial charge < -0.3 is 5.01 Å². The molecule has 0 unspecified atom stereocenters. The molecule has 0 spiro atoms. The van der Waals surface area contributed by atoms with Gasteiger partial charge in [-0.2, -0.15) is 0 Å². The summed E-state index contributed by atoms with van der Waals surface area (Å²) < 4.78 is 0. The predicted octanol–water partition coefficient (Wildman–Crippen LogP) is 5.50. The van der Waals surface area contributed by atoms with Crippen LogP contribution in [0, 0.1) is 13.8 Å². The minimum absolute atomic E-state index is 0.844. The number of nitrogens with two attached hydrogens (primary N) is 1. The van der Waals surface area contributed by atoms with Gasteiger partial charge in [-0.1, -0.05) is 85.3 Å². The van der Waals surface area contributed by atoms with E-state index in [9.17, 15) is 0 Å². The lowest BCUT2D eigenvalue weighted by Crippen LogP contribution is -2.26. The molecule has 0 aliphatic heterocycles. The van der Waals surface area contributed by atoms with Crippen molar-refractivity contribution in [2.75, 3.05) is 7.05 Å². The van der Waals surface area contributed by atoms with Crippen LogP contribution in [0.4, 0.5) is 0 Å². The zero-order chi connectivity index (χ0) is 18.4. The van der Waals surface area contributed by atoms with Crippen LogP contribution in [0.2, 0.25) is 0 Å². The molecule has 2 heteroatoms. The molecule has 2 aromatic rings. The van der Waals surface area contributed by atoms with Gasteiger partial charge in [0.1, 0.15) is 0 Å². The average molecular weight is 332 g/mol. The van der Waals surface area contributed by atoms with Crippen LogP contribution >= 0.6 is 0 Å². The van der Waals surface area contributed by atoms with Crippen molar-refractivity contribution in [1.82, 2.24) is 5.01 Å². The van der Waals surface area contributed by atoms with Crippen molar-refractivity contribution in [3.8, 4) is 0 Å². The van der Waals surface area contributed by atoms with Crippen molar-refractivity contribution in [2.45, 2.75) is 27.2 Å². The molecule has 0 amide bonds. The SMILES string of the molecule is C=C/C=C(/C(=C(/CC)N(C)N)c1ccc(C)cc1)c1cccc(C)c1. The summed E-state index contributed by atoms with van der Waals surface area (Å²) in [5.41, 5.74) is 8.19. The molecule has 2 rings (SSSR count). The molecule has 0 aromatic heterocycles. The van der Waals surface area contributed by atoms with Crippen LogP contribution in [0.3, 0.4) is 0 Å². The number of aryl methyl sites for hydroxylation is 2. The first-order valence-corrected chi connectivity index (χ1v) is 8.66. The van der Waals surface area contributed by atoms with Crippen LogP contribution in [0.5, 0.6) is 0 Å². The summed E-state index contributed by atoms with van der Waals surface area (Å²) in [7, 11) is 1.90. The number of rotatable bonds is 6. The van der Waals surface area contributed by atoms with Crippen molar-refractivity contribution in [3.63, 3.8) is 0 Å². The first kappa shape index (κ1) is 18.8. The highest BCUT2D eigenvalue weighted by atomic mass is 15.4. The third-order valence-electron chi connectivity index (χ3n) is 4.27. The van der Waals surface area contributed by atoms with Gasteiger partial charge in [0, 0.05) is 18.3 Å². The Morgan fingerprint density at radius 2 is 1.72 bits per heavy atom. The monoisotopic (exact) mass is 332 g/mol.